The molecule has 0 saturated carbocycles. The molecule has 3 aromatic rings. The largest absolute Gasteiger partial charge is 0.295 e. The Kier molecular flexibility index (Phi) is 2.59. The molecule has 0 N–H and O–H groups in total. The topological polar surface area (TPSA) is 17.8 Å². The second-order valence-electron chi connectivity index (χ2n) is 7.10. The quantitative estimate of drug-likeness (QED) is 0.455. The minimum atomic E-state index is 0.955. The molecular weight excluding hydrogens is 295 g/mol. The van der Waals surface area contributed by atoms with E-state index in [9.17, 15) is 0 Å². The third-order valence-corrected chi connectivity index (χ3v) is 6.91. The molecule has 0 fully saturated rings. The van der Waals surface area contributed by atoms with Crippen molar-refractivity contribution in [2.24, 2.45) is 0 Å². The summed E-state index contributed by atoms with van der Waals surface area (Å²) in [5, 5.41) is 0. The van der Waals surface area contributed by atoms with Gasteiger partial charge in [-0.05, 0) is 55.5 Å². The number of hydrogen-bond acceptors (Lipinski definition) is 1. The third-order valence-electron chi connectivity index (χ3n) is 5.80. The Morgan fingerprint density at radius 1 is 1.00 bits per heavy atom. The summed E-state index contributed by atoms with van der Waals surface area (Å²) in [5.74, 6) is 1.20. The Hall–Kier alpha value is -1.82. The molecule has 0 unspecified atom stereocenters. The van der Waals surface area contributed by atoms with Crippen molar-refractivity contribution in [3.63, 3.8) is 0 Å². The van der Waals surface area contributed by atoms with Gasteiger partial charge in [0.2, 0.25) is 0 Å². The van der Waals surface area contributed by atoms with Crippen LogP contribution in [0.5, 0.6) is 0 Å². The van der Waals surface area contributed by atoms with Crippen LogP contribution >= 0.6 is 0 Å². The molecule has 0 spiro atoms. The Morgan fingerprint density at radius 2 is 1.78 bits per heavy atom. The van der Waals surface area contributed by atoms with Gasteiger partial charge in [-0.1, -0.05) is 23.8 Å². The summed E-state index contributed by atoms with van der Waals surface area (Å²) in [6.45, 7) is 6.75. The van der Waals surface area contributed by atoms with E-state index in [1.807, 2.05) is 0 Å². The monoisotopic (exact) mass is 314 g/mol. The first kappa shape index (κ1) is 13.6. The van der Waals surface area contributed by atoms with Crippen molar-refractivity contribution < 1.29 is 0 Å². The highest BCUT2D eigenvalue weighted by atomic mass is 27.0. The van der Waals surface area contributed by atoms with Crippen LogP contribution in [0.15, 0.2) is 28.7 Å². The van der Waals surface area contributed by atoms with E-state index in [1.165, 1.54) is 50.4 Å². The van der Waals surface area contributed by atoms with E-state index < -0.39 is 0 Å². The van der Waals surface area contributed by atoms with Gasteiger partial charge in [0.1, 0.15) is 5.82 Å². The zero-order valence-electron chi connectivity index (χ0n) is 14.1. The highest BCUT2D eigenvalue weighted by molar-refractivity contribution is 6.27. The van der Waals surface area contributed by atoms with Gasteiger partial charge in [0.15, 0.2) is 0 Å². The van der Waals surface area contributed by atoms with Crippen molar-refractivity contribution in [3.8, 4) is 5.69 Å². The summed E-state index contributed by atoms with van der Waals surface area (Å²) in [6, 6.07) is 9.03. The van der Waals surface area contributed by atoms with Gasteiger partial charge in [0, 0.05) is 12.0 Å². The number of nitrogens with zero attached hydrogens (tertiary/aromatic N) is 2. The molecule has 1 aliphatic heterocycles. The molecule has 23 heavy (non-hydrogen) atoms. The lowest BCUT2D eigenvalue weighted by atomic mass is 10.0. The summed E-state index contributed by atoms with van der Waals surface area (Å²) >= 11 is 1.15. The zero-order valence-corrected chi connectivity index (χ0v) is 16.1. The van der Waals surface area contributed by atoms with E-state index in [4.69, 9.17) is 4.98 Å². The summed E-state index contributed by atoms with van der Waals surface area (Å²) in [7, 11) is 0. The van der Waals surface area contributed by atoms with Gasteiger partial charge >= 0.3 is 0 Å². The fraction of sp³-hybridized carbons (Fsp3) is 0.250. The highest BCUT2D eigenvalue weighted by Gasteiger charge is 2.28. The standard InChI is InChI=1S/C20H17N2.Al.2H/c1-11-4-7-15-10-17-21-16-9-8-14-6-5-12(2)18(14)20(16)22(17)19(15)13(11)3;;;/h4,7-9H,6,10H2,1-3H3;;;. The zero-order chi connectivity index (χ0) is 15.9. The number of imidazole rings is 1. The first-order valence-corrected chi connectivity index (χ1v) is 9.35. The molecule has 1 aromatic heterocycles. The van der Waals surface area contributed by atoms with Crippen LogP contribution in [0.4, 0.5) is 0 Å². The Morgan fingerprint density at radius 3 is 2.61 bits per heavy atom. The molecule has 2 aliphatic rings. The summed E-state index contributed by atoms with van der Waals surface area (Å²) in [6.07, 6.45) is 2.10. The average molecular weight is 314 g/mol. The molecule has 0 bridgehead atoms. The van der Waals surface area contributed by atoms with Crippen molar-refractivity contribution in [2.75, 3.05) is 0 Å². The number of aromatic nitrogens is 2. The Labute approximate surface area is 144 Å². The molecule has 0 radical (unpaired) electrons. The number of benzene rings is 2. The maximum Gasteiger partial charge on any atom is 0.253 e. The molecule has 1 aliphatic carbocycles. The molecule has 2 heterocycles. The Balaban J connectivity index is 1.95. The number of rotatable bonds is 0. The van der Waals surface area contributed by atoms with Crippen LogP contribution < -0.4 is 0 Å². The number of allylic oxidation sites excluding steroid dienone is 2. The third kappa shape index (κ3) is 1.62. The van der Waals surface area contributed by atoms with Crippen molar-refractivity contribution in [3.05, 3.63) is 62.3 Å². The molecular formula is C20H19AlN2. The second kappa shape index (κ2) is 4.38. The summed E-state index contributed by atoms with van der Waals surface area (Å²) in [5.41, 5.74) is 12.5. The molecule has 112 valence electrons. The minimum Gasteiger partial charge on any atom is -0.295 e. The number of fused-ring (bicyclic) bond motifs is 7. The SMILES string of the molecule is CC1=[C]([AlH2])Cc2ccc3nc4n(c3c21)-c1c(ccc(C)c1C)C4. The normalized spacial score (nSPS) is 15.3. The summed E-state index contributed by atoms with van der Waals surface area (Å²) in [4.78, 5) is 4.97. The van der Waals surface area contributed by atoms with Gasteiger partial charge in [-0.2, -0.15) is 0 Å². The van der Waals surface area contributed by atoms with E-state index in [2.05, 4.69) is 49.6 Å². The van der Waals surface area contributed by atoms with E-state index in [0.29, 0.717) is 0 Å². The lowest BCUT2D eigenvalue weighted by Gasteiger charge is -2.13. The molecule has 5 rings (SSSR count). The van der Waals surface area contributed by atoms with E-state index in [-0.39, 0.29) is 0 Å². The molecule has 0 amide bonds. The van der Waals surface area contributed by atoms with Gasteiger partial charge in [0.05, 0.1) is 16.7 Å². The van der Waals surface area contributed by atoms with E-state index in [1.54, 1.807) is 4.44 Å². The van der Waals surface area contributed by atoms with Crippen LogP contribution in [0, 0.1) is 13.8 Å². The molecule has 2 nitrogen and oxygen atoms in total. The molecule has 0 atom stereocenters. The first-order chi connectivity index (χ1) is 11.1. The van der Waals surface area contributed by atoms with Gasteiger partial charge < -0.3 is 0 Å². The van der Waals surface area contributed by atoms with Crippen molar-refractivity contribution in [2.45, 2.75) is 33.6 Å². The van der Waals surface area contributed by atoms with Gasteiger partial charge in [-0.3, -0.25) is 4.57 Å². The lowest BCUT2D eigenvalue weighted by Crippen LogP contribution is -1.99. The van der Waals surface area contributed by atoms with Gasteiger partial charge in [-0.25, -0.2) is 4.98 Å². The van der Waals surface area contributed by atoms with E-state index >= 15 is 0 Å². The smallest absolute Gasteiger partial charge is 0.253 e. The minimum absolute atomic E-state index is 0.955. The first-order valence-electron chi connectivity index (χ1n) is 8.35. The molecule has 3 heteroatoms. The van der Waals surface area contributed by atoms with Gasteiger partial charge in [-0.15, -0.1) is 4.44 Å². The predicted octanol–water partition coefficient (Wildman–Crippen LogP) is 3.47. The average Bonchev–Trinajstić information content (AvgIpc) is 3.14. The van der Waals surface area contributed by atoms with Crippen molar-refractivity contribution in [1.82, 2.24) is 9.55 Å². The lowest BCUT2D eigenvalue weighted by molar-refractivity contribution is 1.01. The van der Waals surface area contributed by atoms with Gasteiger partial charge in [0.25, 0.3) is 16.3 Å². The fourth-order valence-corrected chi connectivity index (χ4v) is 4.93. The summed E-state index contributed by atoms with van der Waals surface area (Å²) < 4.78 is 4.08. The van der Waals surface area contributed by atoms with Crippen LogP contribution in [0.1, 0.15) is 40.6 Å². The fourth-order valence-electron chi connectivity index (χ4n) is 4.29. The second-order valence-corrected chi connectivity index (χ2v) is 8.31. The van der Waals surface area contributed by atoms with Crippen LogP contribution in [-0.2, 0) is 12.8 Å². The van der Waals surface area contributed by atoms with Crippen molar-refractivity contribution >= 4 is 32.9 Å². The maximum absolute atomic E-state index is 4.97. The maximum atomic E-state index is 4.97. The highest BCUT2D eigenvalue weighted by Crippen LogP contribution is 2.41. The molecule has 0 saturated heterocycles. The van der Waals surface area contributed by atoms with E-state index in [0.717, 1.165) is 34.6 Å². The number of hydrogen-bond donors (Lipinski definition) is 0. The van der Waals surface area contributed by atoms with Crippen molar-refractivity contribution in [1.29, 1.82) is 0 Å². The number of aryl methyl sites for hydroxylation is 1. The van der Waals surface area contributed by atoms with Crippen LogP contribution in [0.25, 0.3) is 22.3 Å². The van der Waals surface area contributed by atoms with Crippen LogP contribution in [0.2, 0.25) is 0 Å². The predicted molar refractivity (Wildman–Crippen MR) is 98.2 cm³/mol. The van der Waals surface area contributed by atoms with Crippen LogP contribution in [0.3, 0.4) is 0 Å². The molecule has 2 aromatic carbocycles. The Bertz CT molecular complexity index is 1050. The van der Waals surface area contributed by atoms with Crippen LogP contribution in [-0.4, -0.2) is 25.8 Å².